The van der Waals surface area contributed by atoms with Crippen LogP contribution in [0.15, 0.2) is 182 Å². The Morgan fingerprint density at radius 2 is 1.10 bits per heavy atom. The minimum absolute atomic E-state index is 0.0654. The van der Waals surface area contributed by atoms with E-state index in [0.717, 1.165) is 34.1 Å². The fourth-order valence-corrected chi connectivity index (χ4v) is 11.6. The van der Waals surface area contributed by atoms with Gasteiger partial charge in [0.2, 0.25) is 6.71 Å². The van der Waals surface area contributed by atoms with E-state index in [4.69, 9.17) is 4.74 Å². The number of nitrogens with zero attached hydrogens (tertiary/aromatic N) is 1. The van der Waals surface area contributed by atoms with Crippen LogP contribution in [0.4, 0.5) is 17.1 Å². The van der Waals surface area contributed by atoms with Crippen molar-refractivity contribution >= 4 is 72.5 Å². The predicted octanol–water partition coefficient (Wildman–Crippen LogP) is 13.8. The summed E-state index contributed by atoms with van der Waals surface area (Å²) in [6, 6.07) is 67.6. The predicted molar refractivity (Wildman–Crippen MR) is 263 cm³/mol. The number of anilines is 3. The SMILES string of the molecule is Cc1cc(C)c2c(c1)-c1cccc3c1c(cc1c4cccc5c4c(cc31)-c1ccc(N(c3ccccc3)c3ccccc3)cc1O5)B2c1ccc2c(c1)C(C)(C)c1ccccc1-2. The summed E-state index contributed by atoms with van der Waals surface area (Å²) in [5.74, 6) is 1.76. The minimum Gasteiger partial charge on any atom is -0.456 e. The van der Waals surface area contributed by atoms with Crippen molar-refractivity contribution in [2.45, 2.75) is 33.1 Å². The summed E-state index contributed by atoms with van der Waals surface area (Å²) in [7, 11) is 0. The molecule has 0 amide bonds. The second kappa shape index (κ2) is 12.8. The van der Waals surface area contributed by atoms with Crippen molar-refractivity contribution in [3.05, 3.63) is 204 Å². The van der Waals surface area contributed by atoms with E-state index < -0.39 is 0 Å². The first-order valence-corrected chi connectivity index (χ1v) is 21.9. The van der Waals surface area contributed by atoms with Crippen LogP contribution in [0.1, 0.15) is 36.1 Å². The van der Waals surface area contributed by atoms with Crippen LogP contribution in [-0.4, -0.2) is 6.71 Å². The van der Waals surface area contributed by atoms with Crippen LogP contribution in [0.3, 0.4) is 0 Å². The van der Waals surface area contributed by atoms with E-state index in [1.54, 1.807) is 0 Å². The molecule has 0 N–H and O–H groups in total. The number of ether oxygens (including phenoxy) is 1. The third-order valence-electron chi connectivity index (χ3n) is 14.2. The molecule has 0 bridgehead atoms. The molecular weight excluding hydrogens is 749 g/mol. The zero-order chi connectivity index (χ0) is 41.4. The number of rotatable bonds is 4. The van der Waals surface area contributed by atoms with Crippen LogP contribution >= 0.6 is 0 Å². The average Bonchev–Trinajstić information content (AvgIpc) is 3.53. The summed E-state index contributed by atoms with van der Waals surface area (Å²) in [5.41, 5.74) is 20.5. The van der Waals surface area contributed by atoms with Crippen molar-refractivity contribution in [3.8, 4) is 44.9 Å². The molecule has 13 rings (SSSR count). The zero-order valence-electron chi connectivity index (χ0n) is 35.3. The second-order valence-corrected chi connectivity index (χ2v) is 18.1. The Kier molecular flexibility index (Phi) is 7.33. The first-order valence-electron chi connectivity index (χ1n) is 21.9. The molecule has 10 aromatic carbocycles. The number of hydrogen-bond donors (Lipinski definition) is 0. The van der Waals surface area contributed by atoms with Gasteiger partial charge in [-0.15, -0.1) is 0 Å². The van der Waals surface area contributed by atoms with E-state index in [2.05, 4.69) is 215 Å². The van der Waals surface area contributed by atoms with Crippen molar-refractivity contribution < 1.29 is 4.74 Å². The fourth-order valence-electron chi connectivity index (χ4n) is 11.6. The molecule has 0 fully saturated rings. The highest BCUT2D eigenvalue weighted by atomic mass is 16.5. The van der Waals surface area contributed by atoms with Crippen LogP contribution in [0, 0.1) is 13.8 Å². The van der Waals surface area contributed by atoms with Crippen molar-refractivity contribution in [2.75, 3.05) is 4.90 Å². The topological polar surface area (TPSA) is 12.5 Å². The Hall–Kier alpha value is -7.36. The summed E-state index contributed by atoms with van der Waals surface area (Å²) >= 11 is 0. The van der Waals surface area contributed by atoms with Crippen LogP contribution in [0.2, 0.25) is 0 Å². The van der Waals surface area contributed by atoms with Crippen molar-refractivity contribution in [2.24, 2.45) is 0 Å². The molecule has 0 atom stereocenters. The van der Waals surface area contributed by atoms with Crippen molar-refractivity contribution in [1.29, 1.82) is 0 Å². The van der Waals surface area contributed by atoms with Crippen LogP contribution in [0.5, 0.6) is 11.5 Å². The maximum atomic E-state index is 6.96. The second-order valence-electron chi connectivity index (χ2n) is 18.1. The standard InChI is InChI=1S/C59H42BNO/c1-35-29-36(2)58-50(30-35)46-21-13-20-44-47-33-49-43-28-26-40(61(38-15-7-5-8-16-38)39-17-9-6-10-18-39)32-55(43)62-54-24-14-22-45(57(49)54)48(47)34-53(56(44)46)60(58)37-25-27-42-41-19-11-12-23-51(41)59(3,4)52(42)31-37/h5-34H,1-4H3. The lowest BCUT2D eigenvalue weighted by molar-refractivity contribution is 0.487. The van der Waals surface area contributed by atoms with Gasteiger partial charge < -0.3 is 9.64 Å². The van der Waals surface area contributed by atoms with Crippen molar-refractivity contribution in [3.63, 3.8) is 0 Å². The number of para-hydroxylation sites is 2. The van der Waals surface area contributed by atoms with Crippen LogP contribution < -0.4 is 26.0 Å². The molecule has 2 nitrogen and oxygen atoms in total. The van der Waals surface area contributed by atoms with Crippen molar-refractivity contribution in [1.82, 2.24) is 0 Å². The molecular formula is C59H42BNO. The Bertz CT molecular complexity index is 3510. The van der Waals surface area contributed by atoms with Gasteiger partial charge in [0.15, 0.2) is 0 Å². The Labute approximate surface area is 362 Å². The van der Waals surface area contributed by atoms with E-state index >= 15 is 0 Å². The average molecular weight is 792 g/mol. The summed E-state index contributed by atoms with van der Waals surface area (Å²) in [6.45, 7) is 9.41. The molecule has 62 heavy (non-hydrogen) atoms. The van der Waals surface area contributed by atoms with Gasteiger partial charge in [-0.3, -0.25) is 0 Å². The minimum atomic E-state index is -0.0897. The highest BCUT2D eigenvalue weighted by Gasteiger charge is 2.39. The van der Waals surface area contributed by atoms with E-state index in [1.807, 2.05) is 0 Å². The molecule has 3 heteroatoms. The number of fused-ring (bicyclic) bond motifs is 10. The highest BCUT2D eigenvalue weighted by molar-refractivity contribution is 6.99. The van der Waals surface area contributed by atoms with Gasteiger partial charge in [-0.25, -0.2) is 0 Å². The van der Waals surface area contributed by atoms with Gasteiger partial charge in [-0.1, -0.05) is 169 Å². The first-order chi connectivity index (χ1) is 30.3. The molecule has 0 saturated heterocycles. The molecule has 0 spiro atoms. The molecule has 0 aromatic heterocycles. The summed E-state index contributed by atoms with van der Waals surface area (Å²) in [4.78, 5) is 2.30. The maximum Gasteiger partial charge on any atom is 0.243 e. The lowest BCUT2D eigenvalue weighted by atomic mass is 9.33. The van der Waals surface area contributed by atoms with E-state index in [9.17, 15) is 0 Å². The third-order valence-corrected chi connectivity index (χ3v) is 14.2. The molecule has 0 saturated carbocycles. The summed E-state index contributed by atoms with van der Waals surface area (Å²) < 4.78 is 6.96. The molecule has 0 unspecified atom stereocenters. The van der Waals surface area contributed by atoms with Gasteiger partial charge in [0.25, 0.3) is 0 Å². The normalized spacial score (nSPS) is 13.7. The lowest BCUT2D eigenvalue weighted by Gasteiger charge is -2.31. The maximum absolute atomic E-state index is 6.96. The molecule has 10 aromatic rings. The molecule has 3 aliphatic rings. The first kappa shape index (κ1) is 35.4. The molecule has 0 radical (unpaired) electrons. The van der Waals surface area contributed by atoms with Gasteiger partial charge in [0.05, 0.1) is 0 Å². The van der Waals surface area contributed by atoms with Gasteiger partial charge in [0, 0.05) is 39.5 Å². The molecule has 292 valence electrons. The smallest absolute Gasteiger partial charge is 0.243 e. The zero-order valence-corrected chi connectivity index (χ0v) is 35.3. The number of benzene rings is 10. The Morgan fingerprint density at radius 1 is 0.435 bits per heavy atom. The monoisotopic (exact) mass is 791 g/mol. The van der Waals surface area contributed by atoms with Gasteiger partial charge in [0.1, 0.15) is 11.5 Å². The third kappa shape index (κ3) is 4.88. The van der Waals surface area contributed by atoms with Gasteiger partial charge >= 0.3 is 0 Å². The molecule has 2 heterocycles. The summed E-state index contributed by atoms with van der Waals surface area (Å²) in [5, 5.41) is 7.58. The number of aryl methyl sites for hydroxylation is 2. The Balaban J connectivity index is 1.05. The fraction of sp³-hybridized carbons (Fsp3) is 0.0847. The summed E-state index contributed by atoms with van der Waals surface area (Å²) in [6.07, 6.45) is 0. The van der Waals surface area contributed by atoms with Gasteiger partial charge in [-0.05, 0) is 128 Å². The van der Waals surface area contributed by atoms with E-state index in [0.29, 0.717) is 0 Å². The largest absolute Gasteiger partial charge is 0.456 e. The van der Waals surface area contributed by atoms with E-state index in [-0.39, 0.29) is 12.1 Å². The van der Waals surface area contributed by atoms with Crippen LogP contribution in [-0.2, 0) is 5.41 Å². The highest BCUT2D eigenvalue weighted by Crippen LogP contribution is 2.52. The lowest BCUT2D eigenvalue weighted by Crippen LogP contribution is -2.56. The quantitative estimate of drug-likeness (QED) is 0.130. The molecule has 2 aliphatic heterocycles. The van der Waals surface area contributed by atoms with E-state index in [1.165, 1.54) is 98.8 Å². The molecule has 1 aliphatic carbocycles. The van der Waals surface area contributed by atoms with Crippen LogP contribution in [0.25, 0.3) is 65.7 Å². The van der Waals surface area contributed by atoms with Gasteiger partial charge in [-0.2, -0.15) is 0 Å². The Morgan fingerprint density at radius 3 is 1.89 bits per heavy atom. The number of hydrogen-bond acceptors (Lipinski definition) is 2.